The molecule has 0 unspecified atom stereocenters. The summed E-state index contributed by atoms with van der Waals surface area (Å²) in [5, 5.41) is 2.97. The van der Waals surface area contributed by atoms with Crippen molar-refractivity contribution >= 4 is 5.91 Å². The lowest BCUT2D eigenvalue weighted by atomic mass is 9.86. The molecular weight excluding hydrogens is 276 g/mol. The Balaban J connectivity index is 1.84. The lowest BCUT2D eigenvalue weighted by Crippen LogP contribution is -2.47. The molecule has 0 aromatic heterocycles. The molecule has 1 aromatic rings. The van der Waals surface area contributed by atoms with E-state index in [0.29, 0.717) is 17.9 Å². The SMILES string of the molecule is CC(=O)N[C@@H]1C[C@H](c2ccc(F)cc2F)O[C@@H]2CCC[C@@H]12. The molecule has 3 nitrogen and oxygen atoms in total. The molecule has 0 radical (unpaired) electrons. The third kappa shape index (κ3) is 2.93. The van der Waals surface area contributed by atoms with Crippen molar-refractivity contribution in [2.75, 3.05) is 0 Å². The van der Waals surface area contributed by atoms with Gasteiger partial charge in [0.25, 0.3) is 0 Å². The minimum atomic E-state index is -0.593. The fraction of sp³-hybridized carbons (Fsp3) is 0.562. The van der Waals surface area contributed by atoms with Crippen LogP contribution in [0, 0.1) is 17.6 Å². The van der Waals surface area contributed by atoms with Gasteiger partial charge in [0, 0.05) is 30.5 Å². The number of carbonyl (C=O) groups excluding carboxylic acids is 1. The number of rotatable bonds is 2. The van der Waals surface area contributed by atoms with Crippen molar-refractivity contribution in [2.45, 2.75) is 50.9 Å². The second-order valence-electron chi connectivity index (χ2n) is 5.97. The van der Waals surface area contributed by atoms with Crippen molar-refractivity contribution in [1.82, 2.24) is 5.32 Å². The van der Waals surface area contributed by atoms with E-state index in [2.05, 4.69) is 5.32 Å². The van der Waals surface area contributed by atoms with Crippen molar-refractivity contribution in [3.8, 4) is 0 Å². The number of hydrogen-bond donors (Lipinski definition) is 1. The molecule has 0 spiro atoms. The second-order valence-corrected chi connectivity index (χ2v) is 5.97. The summed E-state index contributed by atoms with van der Waals surface area (Å²) in [7, 11) is 0. The lowest BCUT2D eigenvalue weighted by Gasteiger charge is -2.39. The van der Waals surface area contributed by atoms with Gasteiger partial charge in [-0.1, -0.05) is 12.5 Å². The number of benzene rings is 1. The monoisotopic (exact) mass is 295 g/mol. The summed E-state index contributed by atoms with van der Waals surface area (Å²) in [6, 6.07) is 3.57. The molecule has 5 heteroatoms. The molecule has 1 saturated heterocycles. The molecule has 2 aliphatic rings. The number of halogens is 2. The van der Waals surface area contributed by atoms with Crippen molar-refractivity contribution in [3.05, 3.63) is 35.4 Å². The van der Waals surface area contributed by atoms with Gasteiger partial charge in [0.15, 0.2) is 0 Å². The predicted octanol–water partition coefficient (Wildman–Crippen LogP) is 3.10. The molecule has 114 valence electrons. The number of hydrogen-bond acceptors (Lipinski definition) is 2. The van der Waals surface area contributed by atoms with Gasteiger partial charge in [-0.2, -0.15) is 0 Å². The van der Waals surface area contributed by atoms with Crippen LogP contribution >= 0.6 is 0 Å². The van der Waals surface area contributed by atoms with Gasteiger partial charge in [-0.3, -0.25) is 4.79 Å². The standard InChI is InChI=1S/C16H19F2NO2/c1-9(20)19-14-8-16(21-15-4-2-3-12(14)15)11-6-5-10(17)7-13(11)18/h5-7,12,14-16H,2-4,8H2,1H3,(H,19,20)/t12-,14+,15+,16+/m0/s1. The highest BCUT2D eigenvalue weighted by Gasteiger charge is 2.42. The first-order chi connectivity index (χ1) is 10.0. The van der Waals surface area contributed by atoms with E-state index < -0.39 is 17.7 Å². The predicted molar refractivity (Wildman–Crippen MR) is 73.5 cm³/mol. The van der Waals surface area contributed by atoms with Crippen LogP contribution in [0.15, 0.2) is 18.2 Å². The largest absolute Gasteiger partial charge is 0.370 e. The molecule has 1 aromatic carbocycles. The number of nitrogens with one attached hydrogen (secondary N) is 1. The van der Waals surface area contributed by atoms with Crippen LogP contribution in [0.2, 0.25) is 0 Å². The van der Waals surface area contributed by atoms with E-state index in [9.17, 15) is 13.6 Å². The normalized spacial score (nSPS) is 31.8. The van der Waals surface area contributed by atoms with Crippen LogP contribution in [0.4, 0.5) is 8.78 Å². The summed E-state index contributed by atoms with van der Waals surface area (Å²) in [5.41, 5.74) is 0.372. The van der Waals surface area contributed by atoms with E-state index >= 15 is 0 Å². The van der Waals surface area contributed by atoms with Gasteiger partial charge in [-0.25, -0.2) is 8.78 Å². The molecule has 0 bridgehead atoms. The molecule has 4 atom stereocenters. The van der Waals surface area contributed by atoms with Gasteiger partial charge in [0.1, 0.15) is 11.6 Å². The fourth-order valence-corrected chi connectivity index (χ4v) is 3.65. The number of fused-ring (bicyclic) bond motifs is 1. The van der Waals surface area contributed by atoms with E-state index in [1.165, 1.54) is 19.1 Å². The number of carbonyl (C=O) groups is 1. The molecule has 1 aliphatic carbocycles. The molecule has 1 N–H and O–H groups in total. The zero-order valence-electron chi connectivity index (χ0n) is 11.9. The smallest absolute Gasteiger partial charge is 0.217 e. The van der Waals surface area contributed by atoms with E-state index in [-0.39, 0.29) is 18.1 Å². The molecule has 1 amide bonds. The van der Waals surface area contributed by atoms with Crippen LogP contribution in [-0.2, 0) is 9.53 Å². The molecule has 3 rings (SSSR count). The van der Waals surface area contributed by atoms with Gasteiger partial charge in [-0.05, 0) is 25.3 Å². The first kappa shape index (κ1) is 14.4. The first-order valence-corrected chi connectivity index (χ1v) is 7.42. The zero-order valence-corrected chi connectivity index (χ0v) is 11.9. The summed E-state index contributed by atoms with van der Waals surface area (Å²) < 4.78 is 33.0. The van der Waals surface area contributed by atoms with Gasteiger partial charge < -0.3 is 10.1 Å². The van der Waals surface area contributed by atoms with Crippen LogP contribution in [0.25, 0.3) is 0 Å². The molecule has 1 aliphatic heterocycles. The Morgan fingerprint density at radius 1 is 1.33 bits per heavy atom. The highest BCUT2D eigenvalue weighted by molar-refractivity contribution is 5.73. The minimum Gasteiger partial charge on any atom is -0.370 e. The van der Waals surface area contributed by atoms with Crippen molar-refractivity contribution in [2.24, 2.45) is 5.92 Å². The van der Waals surface area contributed by atoms with E-state index in [4.69, 9.17) is 4.74 Å². The van der Waals surface area contributed by atoms with Gasteiger partial charge in [0.05, 0.1) is 12.2 Å². The summed E-state index contributed by atoms with van der Waals surface area (Å²) in [5.74, 6) is -0.957. The average molecular weight is 295 g/mol. The third-order valence-corrected chi connectivity index (χ3v) is 4.53. The highest BCUT2D eigenvalue weighted by atomic mass is 19.1. The maximum Gasteiger partial charge on any atom is 0.217 e. The van der Waals surface area contributed by atoms with Crippen LogP contribution in [0.5, 0.6) is 0 Å². The summed E-state index contributed by atoms with van der Waals surface area (Å²) in [4.78, 5) is 11.4. The second kappa shape index (κ2) is 5.72. The van der Waals surface area contributed by atoms with Gasteiger partial charge in [-0.15, -0.1) is 0 Å². The van der Waals surface area contributed by atoms with Crippen LogP contribution in [-0.4, -0.2) is 18.1 Å². The summed E-state index contributed by atoms with van der Waals surface area (Å²) >= 11 is 0. The Bertz CT molecular complexity index is 549. The Morgan fingerprint density at radius 2 is 2.14 bits per heavy atom. The quantitative estimate of drug-likeness (QED) is 0.910. The zero-order chi connectivity index (χ0) is 15.0. The molecule has 21 heavy (non-hydrogen) atoms. The number of ether oxygens (including phenoxy) is 1. The topological polar surface area (TPSA) is 38.3 Å². The van der Waals surface area contributed by atoms with Crippen molar-refractivity contribution in [3.63, 3.8) is 0 Å². The van der Waals surface area contributed by atoms with Crippen LogP contribution < -0.4 is 5.32 Å². The summed E-state index contributed by atoms with van der Waals surface area (Å²) in [6.45, 7) is 1.49. The molecule has 1 saturated carbocycles. The maximum atomic E-state index is 14.0. The Hall–Kier alpha value is -1.49. The lowest BCUT2D eigenvalue weighted by molar-refractivity contribution is -0.124. The molecular formula is C16H19F2NO2. The molecule has 2 fully saturated rings. The highest BCUT2D eigenvalue weighted by Crippen LogP contribution is 2.43. The Kier molecular flexibility index (Phi) is 3.93. The van der Waals surface area contributed by atoms with E-state index in [1.54, 1.807) is 0 Å². The van der Waals surface area contributed by atoms with E-state index in [1.807, 2.05) is 0 Å². The van der Waals surface area contributed by atoms with Crippen molar-refractivity contribution < 1.29 is 18.3 Å². The van der Waals surface area contributed by atoms with Crippen molar-refractivity contribution in [1.29, 1.82) is 0 Å². The maximum absolute atomic E-state index is 14.0. The third-order valence-electron chi connectivity index (χ3n) is 4.53. The summed E-state index contributed by atoms with van der Waals surface area (Å²) in [6.07, 6.45) is 3.16. The Labute approximate surface area is 122 Å². The average Bonchev–Trinajstić information content (AvgIpc) is 2.86. The van der Waals surface area contributed by atoms with E-state index in [0.717, 1.165) is 25.3 Å². The first-order valence-electron chi connectivity index (χ1n) is 7.42. The number of amides is 1. The van der Waals surface area contributed by atoms with Gasteiger partial charge >= 0.3 is 0 Å². The fourth-order valence-electron chi connectivity index (χ4n) is 3.65. The minimum absolute atomic E-state index is 0.00166. The van der Waals surface area contributed by atoms with Crippen LogP contribution in [0.1, 0.15) is 44.3 Å². The Morgan fingerprint density at radius 3 is 2.86 bits per heavy atom. The van der Waals surface area contributed by atoms with Gasteiger partial charge in [0.2, 0.25) is 5.91 Å². The molecule has 1 heterocycles. The van der Waals surface area contributed by atoms with Crippen LogP contribution in [0.3, 0.4) is 0 Å².